The highest BCUT2D eigenvalue weighted by Gasteiger charge is 2.30. The van der Waals surface area contributed by atoms with E-state index in [4.69, 9.17) is 4.42 Å². The third-order valence-corrected chi connectivity index (χ3v) is 5.07. The molecule has 1 heterocycles. The van der Waals surface area contributed by atoms with Crippen molar-refractivity contribution >= 4 is 5.91 Å². The summed E-state index contributed by atoms with van der Waals surface area (Å²) in [6.07, 6.45) is -2.24. The van der Waals surface area contributed by atoms with Crippen LogP contribution in [0.4, 0.5) is 13.2 Å². The van der Waals surface area contributed by atoms with Crippen molar-refractivity contribution < 1.29 is 22.4 Å². The maximum absolute atomic E-state index is 12.9. The highest BCUT2D eigenvalue weighted by molar-refractivity contribution is 5.92. The minimum Gasteiger partial charge on any atom is -0.447 e. The van der Waals surface area contributed by atoms with Crippen LogP contribution in [0.15, 0.2) is 65.3 Å². The lowest BCUT2D eigenvalue weighted by Gasteiger charge is -2.21. The number of nitrogens with one attached hydrogen (secondary N) is 1. The van der Waals surface area contributed by atoms with Crippen LogP contribution < -0.4 is 5.32 Å². The standard InChI is InChI=1S/C24H26F3N3O2/c1-3-17(2)28-23(31)21-16-32-22(29-21)15-30(13-18-7-5-4-6-8-18)14-19-9-11-20(12-10-19)24(25,26)27/h4-12,16-17H,3,13-15H2,1-2H3,(H,28,31)/t17-/m0/s1. The molecule has 0 fully saturated rings. The van der Waals surface area contributed by atoms with Gasteiger partial charge in [0.25, 0.3) is 5.91 Å². The van der Waals surface area contributed by atoms with Gasteiger partial charge in [0.2, 0.25) is 5.89 Å². The largest absolute Gasteiger partial charge is 0.447 e. The number of amides is 1. The third kappa shape index (κ3) is 6.68. The van der Waals surface area contributed by atoms with Crippen LogP contribution in [0, 0.1) is 0 Å². The van der Waals surface area contributed by atoms with Gasteiger partial charge in [-0.1, -0.05) is 49.4 Å². The Morgan fingerprint density at radius 2 is 1.66 bits per heavy atom. The van der Waals surface area contributed by atoms with Crippen LogP contribution in [0.2, 0.25) is 0 Å². The molecule has 3 rings (SSSR count). The zero-order valence-electron chi connectivity index (χ0n) is 18.0. The van der Waals surface area contributed by atoms with Crippen molar-refractivity contribution in [3.05, 3.63) is 89.1 Å². The summed E-state index contributed by atoms with van der Waals surface area (Å²) >= 11 is 0. The molecule has 0 aliphatic heterocycles. The SMILES string of the molecule is CC[C@H](C)NC(=O)c1coc(CN(Cc2ccccc2)Cc2ccc(C(F)(F)F)cc2)n1. The van der Waals surface area contributed by atoms with Crippen molar-refractivity contribution in [3.8, 4) is 0 Å². The van der Waals surface area contributed by atoms with Crippen molar-refractivity contribution in [1.29, 1.82) is 0 Å². The Bertz CT molecular complexity index is 1000. The number of nitrogens with zero attached hydrogens (tertiary/aromatic N) is 2. The molecular formula is C24H26F3N3O2. The van der Waals surface area contributed by atoms with Crippen molar-refractivity contribution in [3.63, 3.8) is 0 Å². The first-order chi connectivity index (χ1) is 15.2. The molecule has 8 heteroatoms. The molecule has 0 saturated heterocycles. The van der Waals surface area contributed by atoms with Crippen LogP contribution in [0.5, 0.6) is 0 Å². The molecule has 0 bridgehead atoms. The molecule has 32 heavy (non-hydrogen) atoms. The summed E-state index contributed by atoms with van der Waals surface area (Å²) in [7, 11) is 0. The molecule has 0 saturated carbocycles. The van der Waals surface area contributed by atoms with Gasteiger partial charge in [-0.15, -0.1) is 0 Å². The maximum atomic E-state index is 12.9. The molecule has 5 nitrogen and oxygen atoms in total. The Morgan fingerprint density at radius 1 is 1.03 bits per heavy atom. The molecule has 2 aromatic carbocycles. The summed E-state index contributed by atoms with van der Waals surface area (Å²) in [5.41, 5.74) is 1.30. The van der Waals surface area contributed by atoms with Gasteiger partial charge >= 0.3 is 6.18 Å². The average Bonchev–Trinajstić information content (AvgIpc) is 3.22. The lowest BCUT2D eigenvalue weighted by atomic mass is 10.1. The van der Waals surface area contributed by atoms with Crippen molar-refractivity contribution in [2.24, 2.45) is 0 Å². The summed E-state index contributed by atoms with van der Waals surface area (Å²) < 4.78 is 44.1. The third-order valence-electron chi connectivity index (χ3n) is 5.07. The van der Waals surface area contributed by atoms with Gasteiger partial charge in [0.05, 0.1) is 12.1 Å². The van der Waals surface area contributed by atoms with E-state index in [2.05, 4.69) is 10.3 Å². The molecule has 1 amide bonds. The monoisotopic (exact) mass is 445 g/mol. The van der Waals surface area contributed by atoms with Gasteiger partial charge in [-0.25, -0.2) is 4.98 Å². The summed E-state index contributed by atoms with van der Waals surface area (Å²) in [6.45, 7) is 5.11. The number of alkyl halides is 3. The predicted octanol–water partition coefficient (Wildman–Crippen LogP) is 5.42. The Hall–Kier alpha value is -3.13. The molecule has 1 atom stereocenters. The Balaban J connectivity index is 1.74. The number of carbonyl (C=O) groups is 1. The summed E-state index contributed by atoms with van der Waals surface area (Å²) in [6, 6.07) is 14.8. The highest BCUT2D eigenvalue weighted by atomic mass is 19.4. The van der Waals surface area contributed by atoms with Crippen molar-refractivity contribution in [2.45, 2.75) is 52.1 Å². The highest BCUT2D eigenvalue weighted by Crippen LogP contribution is 2.29. The second kappa shape index (κ2) is 10.5. The zero-order valence-corrected chi connectivity index (χ0v) is 18.0. The van der Waals surface area contributed by atoms with Crippen LogP contribution in [0.3, 0.4) is 0 Å². The van der Waals surface area contributed by atoms with E-state index >= 15 is 0 Å². The van der Waals surface area contributed by atoms with E-state index in [-0.39, 0.29) is 17.6 Å². The second-order valence-electron chi connectivity index (χ2n) is 7.73. The second-order valence-corrected chi connectivity index (χ2v) is 7.73. The predicted molar refractivity (Wildman–Crippen MR) is 115 cm³/mol. The number of aromatic nitrogens is 1. The minimum atomic E-state index is -4.37. The fraction of sp³-hybridized carbons (Fsp3) is 0.333. The van der Waals surface area contributed by atoms with E-state index in [1.807, 2.05) is 49.1 Å². The number of hydrogen-bond donors (Lipinski definition) is 1. The molecule has 0 radical (unpaired) electrons. The van der Waals surface area contributed by atoms with E-state index in [1.165, 1.54) is 18.4 Å². The van der Waals surface area contributed by atoms with Gasteiger partial charge in [0.1, 0.15) is 6.26 Å². The normalized spacial score (nSPS) is 12.7. The van der Waals surface area contributed by atoms with Crippen LogP contribution in [0.1, 0.15) is 53.3 Å². The number of oxazole rings is 1. The van der Waals surface area contributed by atoms with Gasteiger partial charge in [-0.2, -0.15) is 13.2 Å². The van der Waals surface area contributed by atoms with Gasteiger partial charge < -0.3 is 9.73 Å². The van der Waals surface area contributed by atoms with Crippen LogP contribution in [-0.2, 0) is 25.8 Å². The first-order valence-electron chi connectivity index (χ1n) is 10.4. The number of halogens is 3. The quantitative estimate of drug-likeness (QED) is 0.478. The fourth-order valence-corrected chi connectivity index (χ4v) is 3.15. The molecule has 170 valence electrons. The lowest BCUT2D eigenvalue weighted by Crippen LogP contribution is -2.32. The Kier molecular flexibility index (Phi) is 7.69. The van der Waals surface area contributed by atoms with E-state index in [9.17, 15) is 18.0 Å². The molecule has 3 aromatic rings. The van der Waals surface area contributed by atoms with Gasteiger partial charge in [-0.3, -0.25) is 9.69 Å². The molecule has 0 aliphatic carbocycles. The topological polar surface area (TPSA) is 58.4 Å². The Morgan fingerprint density at radius 3 is 2.25 bits per heavy atom. The summed E-state index contributed by atoms with van der Waals surface area (Å²) in [5.74, 6) is 0.0637. The van der Waals surface area contributed by atoms with Gasteiger partial charge in [0.15, 0.2) is 5.69 Å². The van der Waals surface area contributed by atoms with Crippen LogP contribution >= 0.6 is 0 Å². The summed E-state index contributed by atoms with van der Waals surface area (Å²) in [5, 5.41) is 2.84. The van der Waals surface area contributed by atoms with E-state index in [0.29, 0.717) is 25.5 Å². The lowest BCUT2D eigenvalue weighted by molar-refractivity contribution is -0.137. The first kappa shape index (κ1) is 23.5. The average molecular weight is 445 g/mol. The number of hydrogen-bond acceptors (Lipinski definition) is 4. The number of rotatable bonds is 9. The maximum Gasteiger partial charge on any atom is 0.416 e. The molecule has 1 aromatic heterocycles. The van der Waals surface area contributed by atoms with E-state index in [1.54, 1.807) is 0 Å². The van der Waals surface area contributed by atoms with Gasteiger partial charge in [-0.05, 0) is 36.6 Å². The Labute approximate surface area is 185 Å². The number of carbonyl (C=O) groups excluding carboxylic acids is 1. The molecule has 0 aliphatic rings. The number of benzene rings is 2. The zero-order chi connectivity index (χ0) is 23.1. The van der Waals surface area contributed by atoms with E-state index in [0.717, 1.165) is 29.7 Å². The first-order valence-corrected chi connectivity index (χ1v) is 10.4. The summed E-state index contributed by atoms with van der Waals surface area (Å²) in [4.78, 5) is 18.6. The van der Waals surface area contributed by atoms with Crippen LogP contribution in [-0.4, -0.2) is 21.8 Å². The van der Waals surface area contributed by atoms with Crippen molar-refractivity contribution in [2.75, 3.05) is 0 Å². The smallest absolute Gasteiger partial charge is 0.416 e. The molecule has 0 unspecified atom stereocenters. The molecule has 1 N–H and O–H groups in total. The van der Waals surface area contributed by atoms with Crippen LogP contribution in [0.25, 0.3) is 0 Å². The van der Waals surface area contributed by atoms with Crippen molar-refractivity contribution in [1.82, 2.24) is 15.2 Å². The fourth-order valence-electron chi connectivity index (χ4n) is 3.15. The molecule has 0 spiro atoms. The minimum absolute atomic E-state index is 0.0249. The van der Waals surface area contributed by atoms with E-state index < -0.39 is 11.7 Å². The van der Waals surface area contributed by atoms with Gasteiger partial charge in [0, 0.05) is 19.1 Å². The molecular weight excluding hydrogens is 419 g/mol.